The molecule has 0 radical (unpaired) electrons. The van der Waals surface area contributed by atoms with Gasteiger partial charge < -0.3 is 5.32 Å². The van der Waals surface area contributed by atoms with E-state index in [-0.39, 0.29) is 11.8 Å². The van der Waals surface area contributed by atoms with Crippen molar-refractivity contribution in [2.45, 2.75) is 12.3 Å². The standard InChI is InChI=1S/C23H19ClN4O/c24-20-12-7-13-21(23(20)28-16-25-15-26-28)27-22(29)14-19(17-8-3-1-4-9-17)18-10-5-2-6-11-18/h1-13,15-16,19H,14H2,(H,27,29). The fourth-order valence-corrected chi connectivity index (χ4v) is 3.62. The second-order valence-electron chi connectivity index (χ2n) is 6.60. The van der Waals surface area contributed by atoms with Crippen LogP contribution in [0.15, 0.2) is 91.5 Å². The van der Waals surface area contributed by atoms with E-state index < -0.39 is 0 Å². The molecular formula is C23H19ClN4O. The van der Waals surface area contributed by atoms with Gasteiger partial charge in [0, 0.05) is 12.3 Å². The number of para-hydroxylation sites is 1. The summed E-state index contributed by atoms with van der Waals surface area (Å²) in [5, 5.41) is 7.62. The molecule has 144 valence electrons. The molecule has 0 aliphatic rings. The smallest absolute Gasteiger partial charge is 0.225 e. The second-order valence-corrected chi connectivity index (χ2v) is 7.01. The zero-order valence-electron chi connectivity index (χ0n) is 15.6. The number of halogens is 1. The van der Waals surface area contributed by atoms with Crippen molar-refractivity contribution in [1.29, 1.82) is 0 Å². The minimum atomic E-state index is -0.105. The molecule has 1 heterocycles. The van der Waals surface area contributed by atoms with Gasteiger partial charge in [0.2, 0.25) is 5.91 Å². The van der Waals surface area contributed by atoms with E-state index in [1.165, 1.54) is 6.33 Å². The SMILES string of the molecule is O=C(CC(c1ccccc1)c1ccccc1)Nc1cccc(Cl)c1-n1cncn1. The first-order valence-electron chi connectivity index (χ1n) is 9.25. The van der Waals surface area contributed by atoms with Crippen molar-refractivity contribution >= 4 is 23.2 Å². The van der Waals surface area contributed by atoms with Crippen LogP contribution in [0.5, 0.6) is 0 Å². The zero-order chi connectivity index (χ0) is 20.1. The van der Waals surface area contributed by atoms with E-state index in [1.807, 2.05) is 60.7 Å². The number of nitrogens with one attached hydrogen (secondary N) is 1. The molecule has 1 N–H and O–H groups in total. The van der Waals surface area contributed by atoms with Crippen molar-refractivity contribution < 1.29 is 4.79 Å². The Morgan fingerprint density at radius 1 is 0.931 bits per heavy atom. The van der Waals surface area contributed by atoms with Crippen LogP contribution in [0.3, 0.4) is 0 Å². The minimum absolute atomic E-state index is 0.0496. The average molecular weight is 403 g/mol. The third-order valence-electron chi connectivity index (χ3n) is 4.70. The summed E-state index contributed by atoms with van der Waals surface area (Å²) in [6, 6.07) is 25.4. The molecule has 0 bridgehead atoms. The summed E-state index contributed by atoms with van der Waals surface area (Å²) in [6.07, 6.45) is 3.28. The lowest BCUT2D eigenvalue weighted by Crippen LogP contribution is -2.18. The third kappa shape index (κ3) is 4.36. The van der Waals surface area contributed by atoms with Gasteiger partial charge in [0.15, 0.2) is 0 Å². The number of benzene rings is 3. The topological polar surface area (TPSA) is 59.8 Å². The molecule has 0 unspecified atom stereocenters. The molecule has 3 aromatic carbocycles. The molecule has 1 amide bonds. The van der Waals surface area contributed by atoms with E-state index in [0.29, 0.717) is 22.8 Å². The van der Waals surface area contributed by atoms with E-state index in [0.717, 1.165) is 11.1 Å². The first-order chi connectivity index (χ1) is 14.2. The van der Waals surface area contributed by atoms with Crippen LogP contribution in [0, 0.1) is 0 Å². The summed E-state index contributed by atoms with van der Waals surface area (Å²) in [5.41, 5.74) is 3.37. The molecule has 0 spiro atoms. The lowest BCUT2D eigenvalue weighted by molar-refractivity contribution is -0.116. The highest BCUT2D eigenvalue weighted by molar-refractivity contribution is 6.33. The van der Waals surface area contributed by atoms with Gasteiger partial charge in [-0.25, -0.2) is 9.67 Å². The number of nitrogens with zero attached hydrogens (tertiary/aromatic N) is 3. The van der Waals surface area contributed by atoms with Gasteiger partial charge in [0.25, 0.3) is 0 Å². The quantitative estimate of drug-likeness (QED) is 0.489. The molecule has 6 heteroatoms. The van der Waals surface area contributed by atoms with Crippen molar-refractivity contribution in [2.24, 2.45) is 0 Å². The van der Waals surface area contributed by atoms with Crippen molar-refractivity contribution in [2.75, 3.05) is 5.32 Å². The van der Waals surface area contributed by atoms with Crippen LogP contribution in [-0.2, 0) is 4.79 Å². The summed E-state index contributed by atoms with van der Waals surface area (Å²) in [5.74, 6) is -0.155. The lowest BCUT2D eigenvalue weighted by atomic mass is 9.88. The average Bonchev–Trinajstić information content (AvgIpc) is 3.28. The van der Waals surface area contributed by atoms with Gasteiger partial charge >= 0.3 is 0 Å². The monoisotopic (exact) mass is 402 g/mol. The summed E-state index contributed by atoms with van der Waals surface area (Å²) < 4.78 is 1.55. The van der Waals surface area contributed by atoms with E-state index >= 15 is 0 Å². The van der Waals surface area contributed by atoms with Crippen LogP contribution in [0.2, 0.25) is 5.02 Å². The molecule has 29 heavy (non-hydrogen) atoms. The second kappa shape index (κ2) is 8.71. The molecule has 0 saturated heterocycles. The highest BCUT2D eigenvalue weighted by atomic mass is 35.5. The van der Waals surface area contributed by atoms with Gasteiger partial charge in [-0.1, -0.05) is 78.3 Å². The molecule has 0 saturated carbocycles. The van der Waals surface area contributed by atoms with Crippen LogP contribution in [-0.4, -0.2) is 20.7 Å². The first-order valence-corrected chi connectivity index (χ1v) is 9.63. The number of rotatable bonds is 6. The number of hydrogen-bond acceptors (Lipinski definition) is 3. The van der Waals surface area contributed by atoms with Gasteiger partial charge in [-0.15, -0.1) is 0 Å². The van der Waals surface area contributed by atoms with Crippen molar-refractivity contribution in [1.82, 2.24) is 14.8 Å². The molecular weight excluding hydrogens is 384 g/mol. The Morgan fingerprint density at radius 3 is 2.17 bits per heavy atom. The summed E-state index contributed by atoms with van der Waals surface area (Å²) in [4.78, 5) is 17.0. The molecule has 1 aromatic heterocycles. The highest BCUT2D eigenvalue weighted by Crippen LogP contribution is 2.31. The molecule has 0 aliphatic heterocycles. The Bertz CT molecular complexity index is 1040. The number of amides is 1. The van der Waals surface area contributed by atoms with Gasteiger partial charge in [-0.3, -0.25) is 4.79 Å². The first kappa shape index (κ1) is 18.9. The number of anilines is 1. The summed E-state index contributed by atoms with van der Waals surface area (Å²) >= 11 is 6.36. The molecule has 5 nitrogen and oxygen atoms in total. The summed E-state index contributed by atoms with van der Waals surface area (Å²) in [6.45, 7) is 0. The molecule has 0 atom stereocenters. The van der Waals surface area contributed by atoms with Crippen LogP contribution < -0.4 is 5.32 Å². The van der Waals surface area contributed by atoms with Crippen LogP contribution >= 0.6 is 11.6 Å². The molecule has 0 fully saturated rings. The van der Waals surface area contributed by atoms with Crippen LogP contribution in [0.4, 0.5) is 5.69 Å². The van der Waals surface area contributed by atoms with E-state index in [2.05, 4.69) is 15.4 Å². The number of carbonyl (C=O) groups excluding carboxylic acids is 1. The van der Waals surface area contributed by atoms with Crippen LogP contribution in [0.25, 0.3) is 5.69 Å². The van der Waals surface area contributed by atoms with Gasteiger partial charge in [-0.2, -0.15) is 5.10 Å². The van der Waals surface area contributed by atoms with E-state index in [9.17, 15) is 4.79 Å². The number of aromatic nitrogens is 3. The summed E-state index contributed by atoms with van der Waals surface area (Å²) in [7, 11) is 0. The minimum Gasteiger partial charge on any atom is -0.324 e. The number of carbonyl (C=O) groups is 1. The Balaban J connectivity index is 1.61. The maximum Gasteiger partial charge on any atom is 0.225 e. The van der Waals surface area contributed by atoms with Crippen molar-refractivity contribution in [3.05, 3.63) is 108 Å². The van der Waals surface area contributed by atoms with Crippen molar-refractivity contribution in [3.63, 3.8) is 0 Å². The van der Waals surface area contributed by atoms with E-state index in [4.69, 9.17) is 11.6 Å². The van der Waals surface area contributed by atoms with Gasteiger partial charge in [-0.05, 0) is 23.3 Å². The van der Waals surface area contributed by atoms with Gasteiger partial charge in [0.1, 0.15) is 18.3 Å². The number of hydrogen-bond donors (Lipinski definition) is 1. The Morgan fingerprint density at radius 2 is 1.59 bits per heavy atom. The molecule has 4 aromatic rings. The fourth-order valence-electron chi connectivity index (χ4n) is 3.36. The largest absolute Gasteiger partial charge is 0.324 e. The Labute approximate surface area is 174 Å². The molecule has 4 rings (SSSR count). The highest BCUT2D eigenvalue weighted by Gasteiger charge is 2.20. The predicted molar refractivity (Wildman–Crippen MR) is 114 cm³/mol. The normalized spacial score (nSPS) is 10.8. The zero-order valence-corrected chi connectivity index (χ0v) is 16.3. The molecule has 0 aliphatic carbocycles. The fraction of sp³-hybridized carbons (Fsp3) is 0.0870. The predicted octanol–water partition coefficient (Wildman–Crippen LogP) is 5.08. The lowest BCUT2D eigenvalue weighted by Gasteiger charge is -2.19. The van der Waals surface area contributed by atoms with Crippen molar-refractivity contribution in [3.8, 4) is 5.69 Å². The Hall–Kier alpha value is -3.44. The Kier molecular flexibility index (Phi) is 5.68. The van der Waals surface area contributed by atoms with E-state index in [1.54, 1.807) is 29.2 Å². The maximum absolute atomic E-state index is 13.0. The maximum atomic E-state index is 13.0. The van der Waals surface area contributed by atoms with Crippen LogP contribution in [0.1, 0.15) is 23.5 Å². The van der Waals surface area contributed by atoms with Gasteiger partial charge in [0.05, 0.1) is 10.7 Å². The third-order valence-corrected chi connectivity index (χ3v) is 5.01.